The first kappa shape index (κ1) is 17.0. The van der Waals surface area contributed by atoms with Crippen LogP contribution in [0.2, 0.25) is 0 Å². The van der Waals surface area contributed by atoms with E-state index in [9.17, 15) is 5.11 Å². The molecule has 3 nitrogen and oxygen atoms in total. The maximum Gasteiger partial charge on any atom is 0.123 e. The van der Waals surface area contributed by atoms with Crippen LogP contribution in [0.1, 0.15) is 45.7 Å². The van der Waals surface area contributed by atoms with E-state index in [4.69, 9.17) is 4.74 Å². The van der Waals surface area contributed by atoms with E-state index in [1.54, 1.807) is 6.92 Å². The van der Waals surface area contributed by atoms with Gasteiger partial charge in [0.2, 0.25) is 0 Å². The lowest BCUT2D eigenvalue weighted by atomic mass is 9.86. The number of aryl methyl sites for hydroxylation is 1. The number of likely N-dealkylation sites (N-methyl/N-ethyl adjacent to an activating group) is 1. The van der Waals surface area contributed by atoms with Gasteiger partial charge >= 0.3 is 0 Å². The molecule has 0 aliphatic heterocycles. The van der Waals surface area contributed by atoms with Crippen LogP contribution >= 0.6 is 0 Å². The second kappa shape index (κ2) is 6.59. The summed E-state index contributed by atoms with van der Waals surface area (Å²) in [7, 11) is 0. The van der Waals surface area contributed by atoms with E-state index in [-0.39, 0.29) is 12.0 Å². The van der Waals surface area contributed by atoms with Gasteiger partial charge in [-0.2, -0.15) is 0 Å². The van der Waals surface area contributed by atoms with Crippen LogP contribution < -0.4 is 10.1 Å². The van der Waals surface area contributed by atoms with Gasteiger partial charge in [-0.05, 0) is 43.0 Å². The number of hydrogen-bond acceptors (Lipinski definition) is 3. The smallest absolute Gasteiger partial charge is 0.123 e. The molecule has 1 atom stereocenters. The molecule has 0 saturated carbocycles. The van der Waals surface area contributed by atoms with Crippen LogP contribution in [-0.4, -0.2) is 30.4 Å². The summed E-state index contributed by atoms with van der Waals surface area (Å²) in [6.45, 7) is 14.0. The van der Waals surface area contributed by atoms with E-state index < -0.39 is 5.60 Å². The van der Waals surface area contributed by atoms with Crippen LogP contribution in [0.4, 0.5) is 0 Å². The van der Waals surface area contributed by atoms with Crippen LogP contribution in [0.3, 0.4) is 0 Å². The number of nitrogens with one attached hydrogen (secondary N) is 1. The lowest BCUT2D eigenvalue weighted by Gasteiger charge is -2.27. The van der Waals surface area contributed by atoms with Gasteiger partial charge in [-0.3, -0.25) is 0 Å². The molecule has 0 aliphatic carbocycles. The fourth-order valence-electron chi connectivity index (χ4n) is 2.05. The SMILES string of the molecule is CCNCC(C)(O)COc1cc(C)ccc1C(C)(C)C. The van der Waals surface area contributed by atoms with Gasteiger partial charge in [0.1, 0.15) is 18.0 Å². The number of hydrogen-bond donors (Lipinski definition) is 2. The van der Waals surface area contributed by atoms with Crippen molar-refractivity contribution in [1.82, 2.24) is 5.32 Å². The molecule has 1 aromatic rings. The highest BCUT2D eigenvalue weighted by Crippen LogP contribution is 2.32. The second-order valence-electron chi connectivity index (χ2n) is 6.82. The molecule has 0 aromatic heterocycles. The highest BCUT2D eigenvalue weighted by Gasteiger charge is 2.24. The predicted molar refractivity (Wildman–Crippen MR) is 84.5 cm³/mol. The normalized spacial score (nSPS) is 14.9. The molecule has 114 valence electrons. The Morgan fingerprint density at radius 3 is 2.40 bits per heavy atom. The summed E-state index contributed by atoms with van der Waals surface area (Å²) in [5.74, 6) is 0.870. The summed E-state index contributed by atoms with van der Waals surface area (Å²) in [5, 5.41) is 13.4. The Morgan fingerprint density at radius 2 is 1.85 bits per heavy atom. The number of aliphatic hydroxyl groups is 1. The molecular weight excluding hydrogens is 250 g/mol. The van der Waals surface area contributed by atoms with Gasteiger partial charge in [-0.25, -0.2) is 0 Å². The van der Waals surface area contributed by atoms with Gasteiger partial charge in [-0.15, -0.1) is 0 Å². The Balaban J connectivity index is 2.84. The quantitative estimate of drug-likeness (QED) is 0.841. The first-order chi connectivity index (χ1) is 9.15. The van der Waals surface area contributed by atoms with E-state index in [0.717, 1.165) is 12.3 Å². The Morgan fingerprint density at radius 1 is 1.20 bits per heavy atom. The Labute approximate surface area is 123 Å². The molecule has 1 rings (SSSR count). The zero-order valence-corrected chi connectivity index (χ0v) is 13.7. The Kier molecular flexibility index (Phi) is 5.60. The molecule has 1 unspecified atom stereocenters. The zero-order valence-electron chi connectivity index (χ0n) is 13.7. The molecule has 3 heteroatoms. The molecule has 0 bridgehead atoms. The monoisotopic (exact) mass is 279 g/mol. The van der Waals surface area contributed by atoms with E-state index in [1.165, 1.54) is 11.1 Å². The van der Waals surface area contributed by atoms with E-state index >= 15 is 0 Å². The van der Waals surface area contributed by atoms with Gasteiger partial charge in [0, 0.05) is 6.54 Å². The van der Waals surface area contributed by atoms with Gasteiger partial charge in [-0.1, -0.05) is 39.8 Å². The molecule has 0 spiro atoms. The molecule has 0 saturated heterocycles. The van der Waals surface area contributed by atoms with Gasteiger partial charge in [0.05, 0.1) is 0 Å². The third-order valence-electron chi connectivity index (χ3n) is 3.24. The van der Waals surface area contributed by atoms with Crippen LogP contribution in [0.15, 0.2) is 18.2 Å². The third-order valence-corrected chi connectivity index (χ3v) is 3.24. The highest BCUT2D eigenvalue weighted by atomic mass is 16.5. The number of benzene rings is 1. The average Bonchev–Trinajstić information content (AvgIpc) is 2.33. The summed E-state index contributed by atoms with van der Waals surface area (Å²) >= 11 is 0. The molecule has 0 fully saturated rings. The molecule has 0 aliphatic rings. The first-order valence-electron chi connectivity index (χ1n) is 7.33. The van der Waals surface area contributed by atoms with E-state index in [1.807, 2.05) is 13.0 Å². The van der Waals surface area contributed by atoms with Gasteiger partial charge < -0.3 is 15.2 Å². The minimum Gasteiger partial charge on any atom is -0.490 e. The molecule has 2 N–H and O–H groups in total. The Bertz CT molecular complexity index is 433. The number of ether oxygens (including phenoxy) is 1. The van der Waals surface area contributed by atoms with Crippen molar-refractivity contribution in [1.29, 1.82) is 0 Å². The average molecular weight is 279 g/mol. The van der Waals surface area contributed by atoms with Gasteiger partial charge in [0.25, 0.3) is 0 Å². The predicted octanol–water partition coefficient (Wildman–Crippen LogP) is 3.03. The van der Waals surface area contributed by atoms with Crippen molar-refractivity contribution in [3.63, 3.8) is 0 Å². The van der Waals surface area contributed by atoms with Crippen molar-refractivity contribution in [2.75, 3.05) is 19.7 Å². The van der Waals surface area contributed by atoms with Crippen molar-refractivity contribution < 1.29 is 9.84 Å². The molecule has 20 heavy (non-hydrogen) atoms. The summed E-state index contributed by atoms with van der Waals surface area (Å²) in [5.41, 5.74) is 1.49. The number of rotatable bonds is 6. The molecular formula is C17H29NO2. The summed E-state index contributed by atoms with van der Waals surface area (Å²) in [6.07, 6.45) is 0. The van der Waals surface area contributed by atoms with Crippen LogP contribution in [-0.2, 0) is 5.41 Å². The van der Waals surface area contributed by atoms with Crippen LogP contribution in [0.5, 0.6) is 5.75 Å². The highest BCUT2D eigenvalue weighted by molar-refractivity contribution is 5.41. The first-order valence-corrected chi connectivity index (χ1v) is 7.33. The van der Waals surface area contributed by atoms with Crippen molar-refractivity contribution in [2.45, 2.75) is 52.6 Å². The van der Waals surface area contributed by atoms with Crippen LogP contribution in [0.25, 0.3) is 0 Å². The van der Waals surface area contributed by atoms with E-state index in [0.29, 0.717) is 6.54 Å². The summed E-state index contributed by atoms with van der Waals surface area (Å²) < 4.78 is 5.92. The summed E-state index contributed by atoms with van der Waals surface area (Å²) in [4.78, 5) is 0. The minimum absolute atomic E-state index is 0.0244. The minimum atomic E-state index is -0.866. The van der Waals surface area contributed by atoms with Crippen molar-refractivity contribution in [3.05, 3.63) is 29.3 Å². The third kappa shape index (κ3) is 5.14. The van der Waals surface area contributed by atoms with Crippen LogP contribution in [0, 0.1) is 6.92 Å². The molecule has 0 heterocycles. The topological polar surface area (TPSA) is 41.5 Å². The zero-order chi connectivity index (χ0) is 15.4. The second-order valence-corrected chi connectivity index (χ2v) is 6.82. The molecule has 1 aromatic carbocycles. The largest absolute Gasteiger partial charge is 0.490 e. The Hall–Kier alpha value is -1.06. The maximum atomic E-state index is 10.3. The molecule has 0 radical (unpaired) electrons. The molecule has 0 amide bonds. The fraction of sp³-hybridized carbons (Fsp3) is 0.647. The lowest BCUT2D eigenvalue weighted by Crippen LogP contribution is -2.43. The lowest BCUT2D eigenvalue weighted by molar-refractivity contribution is 0.0121. The standard InChI is InChI=1S/C17H29NO2/c1-7-18-11-17(6,19)12-20-15-10-13(2)8-9-14(15)16(3,4)5/h8-10,18-19H,7,11-12H2,1-6H3. The van der Waals surface area contributed by atoms with Crippen molar-refractivity contribution in [3.8, 4) is 5.75 Å². The van der Waals surface area contributed by atoms with Gasteiger partial charge in [0.15, 0.2) is 0 Å². The van der Waals surface area contributed by atoms with Crippen molar-refractivity contribution >= 4 is 0 Å². The summed E-state index contributed by atoms with van der Waals surface area (Å²) in [6, 6.07) is 6.26. The fourth-order valence-corrected chi connectivity index (χ4v) is 2.05. The van der Waals surface area contributed by atoms with E-state index in [2.05, 4.69) is 45.1 Å². The maximum absolute atomic E-state index is 10.3. The van der Waals surface area contributed by atoms with Crippen molar-refractivity contribution in [2.24, 2.45) is 0 Å².